The molecule has 0 spiro atoms. The van der Waals surface area contributed by atoms with E-state index in [9.17, 15) is 4.79 Å². The van der Waals surface area contributed by atoms with E-state index in [1.807, 2.05) is 11.9 Å². The van der Waals surface area contributed by atoms with Crippen LogP contribution in [0.15, 0.2) is 21.4 Å². The summed E-state index contributed by atoms with van der Waals surface area (Å²) in [5, 5.41) is 3.19. The van der Waals surface area contributed by atoms with Crippen LogP contribution in [0.4, 0.5) is 0 Å². The van der Waals surface area contributed by atoms with Crippen molar-refractivity contribution in [2.45, 2.75) is 12.8 Å². The van der Waals surface area contributed by atoms with E-state index in [1.54, 1.807) is 6.07 Å². The molecule has 1 aliphatic heterocycles. The van der Waals surface area contributed by atoms with Gasteiger partial charge in [0.15, 0.2) is 4.67 Å². The molecule has 4 nitrogen and oxygen atoms in total. The van der Waals surface area contributed by atoms with Gasteiger partial charge in [-0.15, -0.1) is 0 Å². The first-order valence-electron chi connectivity index (χ1n) is 5.88. The van der Waals surface area contributed by atoms with Crippen LogP contribution in [0.3, 0.4) is 0 Å². The van der Waals surface area contributed by atoms with Crippen molar-refractivity contribution in [1.82, 2.24) is 10.2 Å². The Kier molecular flexibility index (Phi) is 4.23. The number of amides is 1. The minimum Gasteiger partial charge on any atom is -0.457 e. The highest BCUT2D eigenvalue weighted by Crippen LogP contribution is 2.20. The highest BCUT2D eigenvalue weighted by Gasteiger charge is 2.24. The standard InChI is InChI=1S/C12H17BrN2O2/c1-14-7-9-2-4-15(5-3-9)12(16)10-6-11(13)17-8-10/h6,8-9,14H,2-5,7H2,1H3. The smallest absolute Gasteiger partial charge is 0.257 e. The van der Waals surface area contributed by atoms with E-state index in [1.165, 1.54) is 6.26 Å². The second-order valence-electron chi connectivity index (χ2n) is 4.43. The van der Waals surface area contributed by atoms with Gasteiger partial charge in [-0.05, 0) is 48.3 Å². The zero-order chi connectivity index (χ0) is 12.3. The number of nitrogens with zero attached hydrogens (tertiary/aromatic N) is 1. The molecule has 1 N–H and O–H groups in total. The van der Waals surface area contributed by atoms with Gasteiger partial charge >= 0.3 is 0 Å². The van der Waals surface area contributed by atoms with E-state index >= 15 is 0 Å². The molecule has 1 amide bonds. The third-order valence-corrected chi connectivity index (χ3v) is 3.62. The fraction of sp³-hybridized carbons (Fsp3) is 0.583. The van der Waals surface area contributed by atoms with Crippen LogP contribution in [0.1, 0.15) is 23.2 Å². The first-order chi connectivity index (χ1) is 8.20. The topological polar surface area (TPSA) is 45.5 Å². The molecule has 1 aromatic rings. The lowest BCUT2D eigenvalue weighted by atomic mass is 9.96. The number of piperidine rings is 1. The Balaban J connectivity index is 1.90. The van der Waals surface area contributed by atoms with Crippen LogP contribution < -0.4 is 5.32 Å². The van der Waals surface area contributed by atoms with Gasteiger partial charge in [-0.1, -0.05) is 0 Å². The Morgan fingerprint density at radius 2 is 2.29 bits per heavy atom. The number of hydrogen-bond acceptors (Lipinski definition) is 3. The zero-order valence-electron chi connectivity index (χ0n) is 9.91. The number of likely N-dealkylation sites (tertiary alicyclic amines) is 1. The van der Waals surface area contributed by atoms with Gasteiger partial charge in [0.2, 0.25) is 0 Å². The zero-order valence-corrected chi connectivity index (χ0v) is 11.5. The summed E-state index contributed by atoms with van der Waals surface area (Å²) in [5.41, 5.74) is 0.629. The highest BCUT2D eigenvalue weighted by molar-refractivity contribution is 9.10. The van der Waals surface area contributed by atoms with E-state index < -0.39 is 0 Å². The quantitative estimate of drug-likeness (QED) is 0.930. The number of halogens is 1. The summed E-state index contributed by atoms with van der Waals surface area (Å²) in [4.78, 5) is 14.0. The summed E-state index contributed by atoms with van der Waals surface area (Å²) >= 11 is 3.21. The molecule has 0 bridgehead atoms. The summed E-state index contributed by atoms with van der Waals surface area (Å²) in [5.74, 6) is 0.766. The molecule has 0 aromatic carbocycles. The van der Waals surface area contributed by atoms with Crippen molar-refractivity contribution >= 4 is 21.8 Å². The van der Waals surface area contributed by atoms with Crippen molar-refractivity contribution in [2.75, 3.05) is 26.7 Å². The van der Waals surface area contributed by atoms with Crippen LogP contribution in [0.5, 0.6) is 0 Å². The molecule has 1 aromatic heterocycles. The Morgan fingerprint density at radius 3 is 2.82 bits per heavy atom. The normalized spacial score (nSPS) is 17.4. The SMILES string of the molecule is CNCC1CCN(C(=O)c2coc(Br)c2)CC1. The maximum absolute atomic E-state index is 12.1. The third kappa shape index (κ3) is 3.10. The van der Waals surface area contributed by atoms with E-state index in [4.69, 9.17) is 4.42 Å². The molecule has 1 saturated heterocycles. The molecule has 94 valence electrons. The van der Waals surface area contributed by atoms with Gasteiger partial charge in [0, 0.05) is 19.2 Å². The number of carbonyl (C=O) groups excluding carboxylic acids is 1. The fourth-order valence-corrected chi connectivity index (χ4v) is 2.57. The van der Waals surface area contributed by atoms with E-state index in [0.29, 0.717) is 16.2 Å². The summed E-state index contributed by atoms with van der Waals surface area (Å²) in [6.07, 6.45) is 3.66. The molecule has 0 saturated carbocycles. The van der Waals surface area contributed by atoms with Gasteiger partial charge in [0.25, 0.3) is 5.91 Å². The molecule has 0 atom stereocenters. The van der Waals surface area contributed by atoms with Crippen LogP contribution in [-0.2, 0) is 0 Å². The number of carbonyl (C=O) groups is 1. The second-order valence-corrected chi connectivity index (χ2v) is 5.21. The molecule has 0 aliphatic carbocycles. The molecule has 2 heterocycles. The van der Waals surface area contributed by atoms with Crippen molar-refractivity contribution in [3.8, 4) is 0 Å². The maximum atomic E-state index is 12.1. The first kappa shape index (κ1) is 12.6. The molecule has 2 rings (SSSR count). The van der Waals surface area contributed by atoms with Gasteiger partial charge in [-0.25, -0.2) is 0 Å². The number of hydrogen-bond donors (Lipinski definition) is 1. The molecule has 0 radical (unpaired) electrons. The van der Waals surface area contributed by atoms with E-state index in [2.05, 4.69) is 21.2 Å². The monoisotopic (exact) mass is 300 g/mol. The lowest BCUT2D eigenvalue weighted by molar-refractivity contribution is 0.0690. The largest absolute Gasteiger partial charge is 0.457 e. The summed E-state index contributed by atoms with van der Waals surface area (Å²) < 4.78 is 5.70. The van der Waals surface area contributed by atoms with Gasteiger partial charge in [-0.2, -0.15) is 0 Å². The second kappa shape index (κ2) is 5.69. The van der Waals surface area contributed by atoms with Crippen molar-refractivity contribution in [2.24, 2.45) is 5.92 Å². The van der Waals surface area contributed by atoms with Gasteiger partial charge in [0.05, 0.1) is 5.56 Å². The van der Waals surface area contributed by atoms with Crippen molar-refractivity contribution in [1.29, 1.82) is 0 Å². The summed E-state index contributed by atoms with van der Waals surface area (Å²) in [6.45, 7) is 2.72. The molecule has 1 aliphatic rings. The Morgan fingerprint density at radius 1 is 1.59 bits per heavy atom. The molecule has 5 heteroatoms. The van der Waals surface area contributed by atoms with Gasteiger partial charge in [-0.3, -0.25) is 4.79 Å². The number of rotatable bonds is 3. The van der Waals surface area contributed by atoms with Crippen molar-refractivity contribution in [3.05, 3.63) is 22.6 Å². The predicted octanol–water partition coefficient (Wildman–Crippen LogP) is 2.11. The first-order valence-corrected chi connectivity index (χ1v) is 6.68. The fourth-order valence-electron chi connectivity index (χ4n) is 2.23. The van der Waals surface area contributed by atoms with Crippen LogP contribution in [0.2, 0.25) is 0 Å². The van der Waals surface area contributed by atoms with Crippen LogP contribution in [0, 0.1) is 5.92 Å². The molecule has 1 fully saturated rings. The Hall–Kier alpha value is -0.810. The third-order valence-electron chi connectivity index (χ3n) is 3.21. The molecule has 0 unspecified atom stereocenters. The van der Waals surface area contributed by atoms with E-state index in [-0.39, 0.29) is 5.91 Å². The van der Waals surface area contributed by atoms with Crippen molar-refractivity contribution in [3.63, 3.8) is 0 Å². The number of nitrogens with one attached hydrogen (secondary N) is 1. The number of furan rings is 1. The maximum Gasteiger partial charge on any atom is 0.257 e. The van der Waals surface area contributed by atoms with E-state index in [0.717, 1.165) is 32.5 Å². The summed E-state index contributed by atoms with van der Waals surface area (Å²) in [7, 11) is 1.97. The van der Waals surface area contributed by atoms with Crippen LogP contribution >= 0.6 is 15.9 Å². The van der Waals surface area contributed by atoms with Gasteiger partial charge in [0.1, 0.15) is 6.26 Å². The molecule has 17 heavy (non-hydrogen) atoms. The predicted molar refractivity (Wildman–Crippen MR) is 69.0 cm³/mol. The highest BCUT2D eigenvalue weighted by atomic mass is 79.9. The minimum atomic E-state index is 0.0716. The Labute approximate surface area is 109 Å². The van der Waals surface area contributed by atoms with Gasteiger partial charge < -0.3 is 14.6 Å². The Bertz CT molecular complexity index is 384. The molecular formula is C12H17BrN2O2. The molecular weight excluding hydrogens is 284 g/mol. The lowest BCUT2D eigenvalue weighted by Gasteiger charge is -2.31. The van der Waals surface area contributed by atoms with Crippen LogP contribution in [0.25, 0.3) is 0 Å². The van der Waals surface area contributed by atoms with Crippen molar-refractivity contribution < 1.29 is 9.21 Å². The minimum absolute atomic E-state index is 0.0716. The lowest BCUT2D eigenvalue weighted by Crippen LogP contribution is -2.40. The average Bonchev–Trinajstić information content (AvgIpc) is 2.76. The average molecular weight is 301 g/mol. The summed E-state index contributed by atoms with van der Waals surface area (Å²) in [6, 6.07) is 1.72. The van der Waals surface area contributed by atoms with Crippen LogP contribution in [-0.4, -0.2) is 37.5 Å².